The molecule has 0 aliphatic heterocycles. The lowest BCUT2D eigenvalue weighted by molar-refractivity contribution is 0.177. The zero-order chi connectivity index (χ0) is 13.7. The van der Waals surface area contributed by atoms with Gasteiger partial charge in [-0.1, -0.05) is 11.6 Å². The van der Waals surface area contributed by atoms with Gasteiger partial charge in [0.1, 0.15) is 17.6 Å². The van der Waals surface area contributed by atoms with E-state index in [9.17, 15) is 0 Å². The van der Waals surface area contributed by atoms with E-state index < -0.39 is 0 Å². The van der Waals surface area contributed by atoms with Gasteiger partial charge in [-0.25, -0.2) is 9.97 Å². The average Bonchev–Trinajstić information content (AvgIpc) is 2.31. The number of anilines is 1. The summed E-state index contributed by atoms with van der Waals surface area (Å²) in [6, 6.07) is 2.30. The molecule has 1 fully saturated rings. The van der Waals surface area contributed by atoms with E-state index in [0.29, 0.717) is 23.6 Å². The second-order valence-corrected chi connectivity index (χ2v) is 5.14. The minimum absolute atomic E-state index is 0.187. The lowest BCUT2D eigenvalue weighted by atomic mass is 9.91. The summed E-state index contributed by atoms with van der Waals surface area (Å²) in [6.45, 7) is 1.33. The number of hydrogen-bond acceptors (Lipinski definition) is 5. The van der Waals surface area contributed by atoms with Crippen molar-refractivity contribution >= 4 is 17.4 Å². The molecule has 0 saturated heterocycles. The molecule has 2 rings (SSSR count). The molecule has 0 aromatic carbocycles. The maximum atomic E-state index is 9.02. The summed E-state index contributed by atoms with van der Waals surface area (Å²) < 4.78 is 5.06. The van der Waals surface area contributed by atoms with E-state index >= 15 is 0 Å². The zero-order valence-corrected chi connectivity index (χ0v) is 11.9. The fraction of sp³-hybridized carbons (Fsp3) is 0.692. The van der Waals surface area contributed by atoms with Crippen LogP contribution in [0.3, 0.4) is 0 Å². The summed E-state index contributed by atoms with van der Waals surface area (Å²) >= 11 is 6.05. The average molecular weight is 286 g/mol. The lowest BCUT2D eigenvalue weighted by Crippen LogP contribution is -2.41. The Balaban J connectivity index is 2.18. The molecular formula is C13H20ClN3O2. The first kappa shape index (κ1) is 14.5. The molecule has 6 heteroatoms. The van der Waals surface area contributed by atoms with Crippen molar-refractivity contribution in [3.8, 4) is 0 Å². The highest BCUT2D eigenvalue weighted by molar-refractivity contribution is 6.29. The van der Waals surface area contributed by atoms with Crippen LogP contribution in [0, 0.1) is 0 Å². The second kappa shape index (κ2) is 7.03. The Kier molecular flexibility index (Phi) is 5.36. The Hall–Kier alpha value is -0.910. The summed E-state index contributed by atoms with van der Waals surface area (Å²) in [4.78, 5) is 10.9. The first-order valence-electron chi connectivity index (χ1n) is 6.64. The van der Waals surface area contributed by atoms with Crippen molar-refractivity contribution in [3.05, 3.63) is 17.0 Å². The molecule has 0 bridgehead atoms. The normalized spacial score (nSPS) is 15.3. The zero-order valence-electron chi connectivity index (χ0n) is 11.2. The molecule has 1 heterocycles. The molecule has 1 aromatic rings. The van der Waals surface area contributed by atoms with Gasteiger partial charge in [0, 0.05) is 32.4 Å². The third-order valence-electron chi connectivity index (χ3n) is 3.37. The summed E-state index contributed by atoms with van der Waals surface area (Å²) in [5.41, 5.74) is 0. The van der Waals surface area contributed by atoms with Crippen LogP contribution in [0.2, 0.25) is 5.15 Å². The molecule has 0 unspecified atom stereocenters. The molecule has 1 aliphatic rings. The van der Waals surface area contributed by atoms with Gasteiger partial charge >= 0.3 is 0 Å². The molecule has 0 spiro atoms. The summed E-state index contributed by atoms with van der Waals surface area (Å²) in [5.74, 6) is 1.43. The fourth-order valence-corrected chi connectivity index (χ4v) is 2.41. The quantitative estimate of drug-likeness (QED) is 0.777. The summed E-state index contributed by atoms with van der Waals surface area (Å²) in [7, 11) is 1.61. The van der Waals surface area contributed by atoms with Gasteiger partial charge in [-0.05, 0) is 25.7 Å². The van der Waals surface area contributed by atoms with Gasteiger partial charge in [-0.3, -0.25) is 0 Å². The van der Waals surface area contributed by atoms with Crippen molar-refractivity contribution < 1.29 is 9.84 Å². The smallest absolute Gasteiger partial charge is 0.158 e. The predicted octanol–water partition coefficient (Wildman–Crippen LogP) is 2.02. The Bertz CT molecular complexity index is 413. The maximum Gasteiger partial charge on any atom is 0.158 e. The highest BCUT2D eigenvalue weighted by Crippen LogP contribution is 2.29. The molecule has 106 valence electrons. The molecule has 0 radical (unpaired) electrons. The van der Waals surface area contributed by atoms with E-state index in [4.69, 9.17) is 21.4 Å². The van der Waals surface area contributed by atoms with Crippen LogP contribution in [0.5, 0.6) is 0 Å². The van der Waals surface area contributed by atoms with Crippen molar-refractivity contribution in [1.82, 2.24) is 9.97 Å². The molecule has 1 aliphatic carbocycles. The highest BCUT2D eigenvalue weighted by Gasteiger charge is 2.26. The van der Waals surface area contributed by atoms with Crippen molar-refractivity contribution in [1.29, 1.82) is 0 Å². The van der Waals surface area contributed by atoms with Crippen LogP contribution in [0.15, 0.2) is 6.07 Å². The van der Waals surface area contributed by atoms with Crippen LogP contribution >= 0.6 is 11.6 Å². The van der Waals surface area contributed by atoms with Gasteiger partial charge in [0.2, 0.25) is 0 Å². The van der Waals surface area contributed by atoms with E-state index in [-0.39, 0.29) is 6.61 Å². The van der Waals surface area contributed by atoms with E-state index in [2.05, 4.69) is 14.9 Å². The number of hydrogen-bond donors (Lipinski definition) is 1. The third-order valence-corrected chi connectivity index (χ3v) is 3.56. The van der Waals surface area contributed by atoms with E-state index in [1.165, 1.54) is 19.3 Å². The van der Waals surface area contributed by atoms with Crippen LogP contribution in [-0.2, 0) is 11.3 Å². The van der Waals surface area contributed by atoms with Crippen LogP contribution in [-0.4, -0.2) is 41.4 Å². The molecule has 1 aromatic heterocycles. The van der Waals surface area contributed by atoms with Crippen LogP contribution in [0.1, 0.15) is 31.5 Å². The van der Waals surface area contributed by atoms with E-state index in [1.54, 1.807) is 13.2 Å². The topological polar surface area (TPSA) is 58.5 Å². The molecule has 1 saturated carbocycles. The van der Waals surface area contributed by atoms with Crippen LogP contribution < -0.4 is 4.90 Å². The predicted molar refractivity (Wildman–Crippen MR) is 74.4 cm³/mol. The van der Waals surface area contributed by atoms with Crippen molar-refractivity contribution in [2.75, 3.05) is 25.2 Å². The van der Waals surface area contributed by atoms with Crippen molar-refractivity contribution in [3.63, 3.8) is 0 Å². The summed E-state index contributed by atoms with van der Waals surface area (Å²) in [6.07, 6.45) is 4.33. The highest BCUT2D eigenvalue weighted by atomic mass is 35.5. The van der Waals surface area contributed by atoms with E-state index in [0.717, 1.165) is 18.8 Å². The largest absolute Gasteiger partial charge is 0.396 e. The molecule has 0 amide bonds. The minimum Gasteiger partial charge on any atom is -0.396 e. The van der Waals surface area contributed by atoms with Crippen molar-refractivity contribution in [2.24, 2.45) is 0 Å². The number of aliphatic hydroxyl groups is 1. The molecule has 0 atom stereocenters. The maximum absolute atomic E-state index is 9.02. The minimum atomic E-state index is 0.187. The second-order valence-electron chi connectivity index (χ2n) is 4.75. The Morgan fingerprint density at radius 3 is 2.84 bits per heavy atom. The number of rotatable bonds is 7. The van der Waals surface area contributed by atoms with Crippen molar-refractivity contribution in [2.45, 2.75) is 38.3 Å². The molecule has 5 nitrogen and oxygen atoms in total. The Morgan fingerprint density at radius 1 is 1.47 bits per heavy atom. The van der Waals surface area contributed by atoms with E-state index in [1.807, 2.05) is 0 Å². The number of aliphatic hydroxyl groups excluding tert-OH is 1. The van der Waals surface area contributed by atoms with Gasteiger partial charge in [0.25, 0.3) is 0 Å². The van der Waals surface area contributed by atoms with Gasteiger partial charge in [-0.15, -0.1) is 0 Å². The molecule has 19 heavy (non-hydrogen) atoms. The molecular weight excluding hydrogens is 266 g/mol. The monoisotopic (exact) mass is 285 g/mol. The first-order valence-corrected chi connectivity index (χ1v) is 7.02. The van der Waals surface area contributed by atoms with Crippen LogP contribution in [0.25, 0.3) is 0 Å². The Labute approximate surface area is 118 Å². The number of aromatic nitrogens is 2. The first-order chi connectivity index (χ1) is 9.24. The number of ether oxygens (including phenoxy) is 1. The lowest BCUT2D eigenvalue weighted by Gasteiger charge is -2.38. The third kappa shape index (κ3) is 3.78. The fourth-order valence-electron chi connectivity index (χ4n) is 2.22. The standard InChI is InChI=1S/C13H20ClN3O2/c1-19-9-12-15-11(14)8-13(16-12)17(6-3-7-18)10-4-2-5-10/h8,10,18H,2-7,9H2,1H3. The van der Waals surface area contributed by atoms with Gasteiger partial charge < -0.3 is 14.7 Å². The number of methoxy groups -OCH3 is 1. The van der Waals surface area contributed by atoms with Gasteiger partial charge in [0.15, 0.2) is 5.82 Å². The number of nitrogens with zero attached hydrogens (tertiary/aromatic N) is 3. The SMILES string of the molecule is COCc1nc(Cl)cc(N(CCCO)C2CCC2)n1. The molecule has 1 N–H and O–H groups in total. The van der Waals surface area contributed by atoms with Gasteiger partial charge in [0.05, 0.1) is 0 Å². The summed E-state index contributed by atoms with van der Waals surface area (Å²) in [5, 5.41) is 9.46. The van der Waals surface area contributed by atoms with Gasteiger partial charge in [-0.2, -0.15) is 0 Å². The number of halogens is 1. The van der Waals surface area contributed by atoms with Crippen LogP contribution in [0.4, 0.5) is 5.82 Å². The Morgan fingerprint density at radius 2 is 2.26 bits per heavy atom.